The Hall–Kier alpha value is -0.340. The molecular weight excluding hydrogens is 184 g/mol. The highest BCUT2D eigenvalue weighted by Crippen LogP contribution is 2.18. The zero-order valence-electron chi connectivity index (χ0n) is 10.2. The van der Waals surface area contributed by atoms with Gasteiger partial charge in [0.25, 0.3) is 0 Å². The summed E-state index contributed by atoms with van der Waals surface area (Å²) >= 11 is 0. The third kappa shape index (κ3) is 7.57. The van der Waals surface area contributed by atoms with E-state index < -0.39 is 0 Å². The number of hydrogen-bond donors (Lipinski definition) is 1. The van der Waals surface area contributed by atoms with Gasteiger partial charge in [0.15, 0.2) is 0 Å². The van der Waals surface area contributed by atoms with Crippen molar-refractivity contribution >= 4 is 0 Å². The molecule has 1 N–H and O–H groups in total. The van der Waals surface area contributed by atoms with Gasteiger partial charge in [0, 0.05) is 6.04 Å². The Bertz CT molecular complexity index is 164. The van der Waals surface area contributed by atoms with Crippen LogP contribution in [-0.4, -0.2) is 37.6 Å². The minimum atomic E-state index is 0.871. The lowest BCUT2D eigenvalue weighted by Gasteiger charge is -2.15. The number of allylic oxidation sites excluding steroid dienone is 1. The molecule has 0 aromatic rings. The maximum absolute atomic E-state index is 3.74. The van der Waals surface area contributed by atoms with Crippen molar-refractivity contribution in [2.75, 3.05) is 26.7 Å². The highest BCUT2D eigenvalue weighted by atomic mass is 15.1. The second-order valence-electron chi connectivity index (χ2n) is 4.67. The fraction of sp³-hybridized carbons (Fsp3) is 0.846. The Morgan fingerprint density at radius 3 is 2.67 bits per heavy atom. The van der Waals surface area contributed by atoms with Crippen LogP contribution in [0.4, 0.5) is 0 Å². The van der Waals surface area contributed by atoms with E-state index in [1.54, 1.807) is 0 Å². The van der Waals surface area contributed by atoms with Gasteiger partial charge in [-0.15, -0.1) is 6.58 Å². The molecule has 1 rings (SSSR count). The molecule has 0 radical (unpaired) electrons. The molecule has 88 valence electrons. The van der Waals surface area contributed by atoms with Crippen molar-refractivity contribution in [3.63, 3.8) is 0 Å². The summed E-state index contributed by atoms with van der Waals surface area (Å²) in [6.07, 6.45) is 9.86. The van der Waals surface area contributed by atoms with Gasteiger partial charge in [-0.3, -0.25) is 0 Å². The zero-order chi connectivity index (χ0) is 10.9. The fourth-order valence-corrected chi connectivity index (χ4v) is 1.72. The van der Waals surface area contributed by atoms with Crippen molar-refractivity contribution in [1.82, 2.24) is 10.2 Å². The van der Waals surface area contributed by atoms with Gasteiger partial charge in [0.2, 0.25) is 0 Å². The number of nitrogens with one attached hydrogen (secondary N) is 1. The molecule has 0 aliphatic heterocycles. The first-order valence-electron chi connectivity index (χ1n) is 6.35. The summed E-state index contributed by atoms with van der Waals surface area (Å²) in [5.74, 6) is 0. The van der Waals surface area contributed by atoms with Gasteiger partial charge in [-0.1, -0.05) is 6.08 Å². The average molecular weight is 210 g/mol. The van der Waals surface area contributed by atoms with Gasteiger partial charge in [-0.05, 0) is 65.2 Å². The molecule has 2 nitrogen and oxygen atoms in total. The molecule has 0 unspecified atom stereocenters. The molecule has 0 atom stereocenters. The predicted octanol–water partition coefficient (Wildman–Crippen LogP) is 2.42. The highest BCUT2D eigenvalue weighted by molar-refractivity contribution is 4.80. The standard InChI is InChI=1S/C13H26N2/c1-3-4-6-11-15(2)12-7-5-10-14-13-8-9-13/h3,13-14H,1,4-12H2,2H3. The van der Waals surface area contributed by atoms with Crippen LogP contribution in [0, 0.1) is 0 Å². The van der Waals surface area contributed by atoms with Gasteiger partial charge in [-0.2, -0.15) is 0 Å². The van der Waals surface area contributed by atoms with Crippen LogP contribution in [0.25, 0.3) is 0 Å². The molecule has 1 saturated carbocycles. The van der Waals surface area contributed by atoms with E-state index in [0.29, 0.717) is 0 Å². The maximum atomic E-state index is 3.74. The summed E-state index contributed by atoms with van der Waals surface area (Å²) in [6.45, 7) is 7.40. The normalized spacial score (nSPS) is 15.9. The number of unbranched alkanes of at least 4 members (excludes halogenated alkanes) is 2. The van der Waals surface area contributed by atoms with E-state index in [-0.39, 0.29) is 0 Å². The minimum Gasteiger partial charge on any atom is -0.314 e. The molecule has 0 aromatic carbocycles. The first-order valence-corrected chi connectivity index (χ1v) is 6.35. The molecule has 2 heteroatoms. The Morgan fingerprint density at radius 2 is 2.00 bits per heavy atom. The van der Waals surface area contributed by atoms with Crippen LogP contribution in [0.15, 0.2) is 12.7 Å². The summed E-state index contributed by atoms with van der Waals surface area (Å²) in [5.41, 5.74) is 0. The summed E-state index contributed by atoms with van der Waals surface area (Å²) < 4.78 is 0. The van der Waals surface area contributed by atoms with E-state index in [1.165, 1.54) is 51.7 Å². The fourth-order valence-electron chi connectivity index (χ4n) is 1.72. The van der Waals surface area contributed by atoms with Gasteiger partial charge in [-0.25, -0.2) is 0 Å². The first-order chi connectivity index (χ1) is 7.33. The molecular formula is C13H26N2. The van der Waals surface area contributed by atoms with Crippen LogP contribution < -0.4 is 5.32 Å². The third-order valence-electron chi connectivity index (χ3n) is 2.93. The van der Waals surface area contributed by atoms with Crippen molar-refractivity contribution in [3.05, 3.63) is 12.7 Å². The smallest absolute Gasteiger partial charge is 0.00682 e. The maximum Gasteiger partial charge on any atom is 0.00682 e. The predicted molar refractivity (Wildman–Crippen MR) is 67.2 cm³/mol. The van der Waals surface area contributed by atoms with Crippen LogP contribution in [0.3, 0.4) is 0 Å². The Balaban J connectivity index is 1.78. The molecule has 15 heavy (non-hydrogen) atoms. The first kappa shape index (κ1) is 12.7. The zero-order valence-corrected chi connectivity index (χ0v) is 10.2. The van der Waals surface area contributed by atoms with Crippen LogP contribution in [0.1, 0.15) is 38.5 Å². The van der Waals surface area contributed by atoms with E-state index in [4.69, 9.17) is 0 Å². The van der Waals surface area contributed by atoms with Crippen LogP contribution in [-0.2, 0) is 0 Å². The largest absolute Gasteiger partial charge is 0.314 e. The Labute approximate surface area is 94.7 Å². The summed E-state index contributed by atoms with van der Waals surface area (Å²) in [6, 6.07) is 0.871. The van der Waals surface area contributed by atoms with Crippen molar-refractivity contribution in [3.8, 4) is 0 Å². The Kier molecular flexibility index (Phi) is 6.69. The van der Waals surface area contributed by atoms with Gasteiger partial charge in [0.1, 0.15) is 0 Å². The topological polar surface area (TPSA) is 15.3 Å². The molecule has 0 aromatic heterocycles. The van der Waals surface area contributed by atoms with Crippen LogP contribution in [0.5, 0.6) is 0 Å². The molecule has 1 aliphatic rings. The van der Waals surface area contributed by atoms with Crippen molar-refractivity contribution in [2.24, 2.45) is 0 Å². The molecule has 0 amide bonds. The van der Waals surface area contributed by atoms with E-state index >= 15 is 0 Å². The highest BCUT2D eigenvalue weighted by Gasteiger charge is 2.19. The molecule has 1 fully saturated rings. The molecule has 0 bridgehead atoms. The number of rotatable bonds is 10. The SMILES string of the molecule is C=CCCCN(C)CCCCNC1CC1. The average Bonchev–Trinajstić information content (AvgIpc) is 3.02. The minimum absolute atomic E-state index is 0.871. The summed E-state index contributed by atoms with van der Waals surface area (Å²) in [4.78, 5) is 2.43. The van der Waals surface area contributed by atoms with E-state index in [9.17, 15) is 0 Å². The van der Waals surface area contributed by atoms with Crippen LogP contribution >= 0.6 is 0 Å². The van der Waals surface area contributed by atoms with Crippen LogP contribution in [0.2, 0.25) is 0 Å². The quantitative estimate of drug-likeness (QED) is 0.440. The second kappa shape index (κ2) is 7.89. The van der Waals surface area contributed by atoms with Crippen molar-refractivity contribution in [1.29, 1.82) is 0 Å². The van der Waals surface area contributed by atoms with Gasteiger partial charge in [0.05, 0.1) is 0 Å². The number of hydrogen-bond acceptors (Lipinski definition) is 2. The third-order valence-corrected chi connectivity index (χ3v) is 2.93. The lowest BCUT2D eigenvalue weighted by molar-refractivity contribution is 0.321. The van der Waals surface area contributed by atoms with Crippen molar-refractivity contribution in [2.45, 2.75) is 44.6 Å². The van der Waals surface area contributed by atoms with Gasteiger partial charge >= 0.3 is 0 Å². The number of nitrogens with zero attached hydrogens (tertiary/aromatic N) is 1. The lowest BCUT2D eigenvalue weighted by atomic mass is 10.2. The van der Waals surface area contributed by atoms with E-state index in [0.717, 1.165) is 12.5 Å². The molecule has 0 saturated heterocycles. The molecule has 0 spiro atoms. The van der Waals surface area contributed by atoms with Gasteiger partial charge < -0.3 is 10.2 Å². The lowest BCUT2D eigenvalue weighted by Crippen LogP contribution is -2.23. The molecule has 0 heterocycles. The Morgan fingerprint density at radius 1 is 1.27 bits per heavy atom. The summed E-state index contributed by atoms with van der Waals surface area (Å²) in [7, 11) is 2.22. The second-order valence-corrected chi connectivity index (χ2v) is 4.67. The van der Waals surface area contributed by atoms with E-state index in [2.05, 4.69) is 23.8 Å². The summed E-state index contributed by atoms with van der Waals surface area (Å²) in [5, 5.41) is 3.55. The molecule has 1 aliphatic carbocycles. The van der Waals surface area contributed by atoms with Crippen molar-refractivity contribution < 1.29 is 0 Å². The monoisotopic (exact) mass is 210 g/mol. The van der Waals surface area contributed by atoms with E-state index in [1.807, 2.05) is 6.08 Å².